The van der Waals surface area contributed by atoms with Crippen LogP contribution in [0.25, 0.3) is 16.9 Å². The van der Waals surface area contributed by atoms with Crippen LogP contribution in [0, 0.1) is 11.3 Å². The molecule has 51 heavy (non-hydrogen) atoms. The summed E-state index contributed by atoms with van der Waals surface area (Å²) in [6.07, 6.45) is 6.45. The number of amides is 2. The molecule has 0 spiro atoms. The highest BCUT2D eigenvalue weighted by Crippen LogP contribution is 2.70. The van der Waals surface area contributed by atoms with E-state index in [1.165, 1.54) is 18.0 Å². The van der Waals surface area contributed by atoms with Gasteiger partial charge < -0.3 is 29.5 Å². The minimum atomic E-state index is -1.15. The smallest absolute Gasteiger partial charge is 0.336 e. The first-order valence-electron chi connectivity index (χ1n) is 17.7. The highest BCUT2D eigenvalue weighted by molar-refractivity contribution is 6.05. The number of hydrogen-bond acceptors (Lipinski definition) is 9. The minimum Gasteiger partial charge on any atom is -0.481 e. The fourth-order valence-corrected chi connectivity index (χ4v) is 9.07. The van der Waals surface area contributed by atoms with Gasteiger partial charge in [0.05, 0.1) is 30.0 Å². The molecule has 3 aromatic heterocycles. The van der Waals surface area contributed by atoms with Gasteiger partial charge in [0.1, 0.15) is 12.2 Å². The lowest BCUT2D eigenvalue weighted by molar-refractivity contribution is -0.187. The van der Waals surface area contributed by atoms with Crippen molar-refractivity contribution < 1.29 is 24.2 Å². The van der Waals surface area contributed by atoms with Gasteiger partial charge in [-0.25, -0.2) is 9.78 Å². The molecule has 266 valence electrons. The van der Waals surface area contributed by atoms with Gasteiger partial charge in [-0.05, 0) is 68.1 Å². The van der Waals surface area contributed by atoms with Crippen molar-refractivity contribution in [3.8, 4) is 11.6 Å². The number of aromatic carboxylic acids is 1. The number of carbonyl (C=O) groups is 3. The Bertz CT molecular complexity index is 2140. The second-order valence-corrected chi connectivity index (χ2v) is 14.9. The number of fused-ring (bicyclic) bond motifs is 2. The van der Waals surface area contributed by atoms with E-state index < -0.39 is 5.97 Å². The molecule has 1 aromatic carbocycles. The SMILES string of the molecule is CCc1c(N2CCN(C(=O)c3ccccc3C(=O)O)[C@H]3CC[C@@H]32)c(=O)c2nn(-c3ccnc(OC)c3)nc2n1CC(=O)NC12CC(C(C)C)(C1)C2. The van der Waals surface area contributed by atoms with Crippen molar-refractivity contribution in [2.75, 3.05) is 25.1 Å². The van der Waals surface area contributed by atoms with Crippen molar-refractivity contribution in [2.45, 2.75) is 83.5 Å². The fraction of sp³-hybridized carbons (Fsp3) is 0.486. The first-order chi connectivity index (χ1) is 24.5. The number of nitrogens with one attached hydrogen (secondary N) is 1. The van der Waals surface area contributed by atoms with Crippen molar-refractivity contribution in [3.05, 3.63) is 69.6 Å². The molecule has 14 heteroatoms. The van der Waals surface area contributed by atoms with Crippen LogP contribution < -0.4 is 20.4 Å². The van der Waals surface area contributed by atoms with E-state index in [2.05, 4.69) is 34.1 Å². The zero-order valence-electron chi connectivity index (χ0n) is 29.3. The Balaban J connectivity index is 1.17. The van der Waals surface area contributed by atoms with Crippen molar-refractivity contribution in [1.29, 1.82) is 0 Å². The number of rotatable bonds is 10. The van der Waals surface area contributed by atoms with Gasteiger partial charge in [0.25, 0.3) is 5.91 Å². The normalized spacial score (nSPS) is 24.7. The average Bonchev–Trinajstić information content (AvgIpc) is 3.53. The Morgan fingerprint density at radius 1 is 1.04 bits per heavy atom. The number of carbonyl (C=O) groups excluding carboxylic acids is 2. The van der Waals surface area contributed by atoms with E-state index in [1.54, 1.807) is 41.4 Å². The van der Waals surface area contributed by atoms with Crippen molar-refractivity contribution >= 4 is 34.6 Å². The molecule has 4 heterocycles. The molecule has 4 aromatic rings. The molecule has 9 rings (SSSR count). The van der Waals surface area contributed by atoms with E-state index >= 15 is 0 Å². The molecule has 14 nitrogen and oxygen atoms in total. The number of ether oxygens (including phenoxy) is 1. The molecule has 4 aliphatic carbocycles. The van der Waals surface area contributed by atoms with Crippen molar-refractivity contribution in [1.82, 2.24) is 34.8 Å². The van der Waals surface area contributed by atoms with Crippen LogP contribution in [0.4, 0.5) is 5.69 Å². The van der Waals surface area contributed by atoms with Gasteiger partial charge in [-0.3, -0.25) is 14.4 Å². The third-order valence-electron chi connectivity index (χ3n) is 11.9. The lowest BCUT2D eigenvalue weighted by Crippen LogP contribution is -2.76. The number of pyridine rings is 2. The number of aromatic nitrogens is 5. The Morgan fingerprint density at radius 2 is 1.76 bits per heavy atom. The topological polar surface area (TPSA) is 165 Å². The van der Waals surface area contributed by atoms with E-state index in [9.17, 15) is 24.3 Å². The van der Waals surface area contributed by atoms with E-state index in [4.69, 9.17) is 9.84 Å². The summed E-state index contributed by atoms with van der Waals surface area (Å²) in [5.41, 5.74) is 2.14. The summed E-state index contributed by atoms with van der Waals surface area (Å²) < 4.78 is 7.14. The number of benzene rings is 1. The quantitative estimate of drug-likeness (QED) is 0.251. The first kappa shape index (κ1) is 32.9. The summed E-state index contributed by atoms with van der Waals surface area (Å²) in [5, 5.41) is 22.5. The van der Waals surface area contributed by atoms with E-state index in [1.807, 2.05) is 11.5 Å². The predicted molar refractivity (Wildman–Crippen MR) is 187 cm³/mol. The van der Waals surface area contributed by atoms with Crippen LogP contribution in [0.5, 0.6) is 5.88 Å². The Labute approximate surface area is 294 Å². The number of carboxylic acids is 1. The number of methoxy groups -OCH3 is 1. The Kier molecular flexibility index (Phi) is 7.69. The molecule has 2 bridgehead atoms. The molecule has 5 fully saturated rings. The standard InChI is InChI=1S/C37H42N8O6/c1-5-25-31(42-14-15-43(27-11-10-26(27)42)34(48)23-8-6-7-9-24(23)35(49)50)32(47)30-33(41-45(40-30)22-12-13-38-29(16-22)51-4)44(25)17-28(46)39-37-18-36(19-37,20-37)21(2)3/h6-9,12-13,16,21,26-27H,5,10-11,14-15,17-20H2,1-4H3,(H,39,46)(H,49,50)/t26-,27-,36?,37?/m0/s1. The molecule has 2 amide bonds. The summed E-state index contributed by atoms with van der Waals surface area (Å²) in [7, 11) is 1.52. The highest BCUT2D eigenvalue weighted by atomic mass is 16.5. The summed E-state index contributed by atoms with van der Waals surface area (Å²) in [4.78, 5) is 63.5. The molecule has 0 unspecified atom stereocenters. The molecular formula is C37H42N8O6. The molecule has 2 atom stereocenters. The molecular weight excluding hydrogens is 652 g/mol. The number of nitrogens with zero attached hydrogens (tertiary/aromatic N) is 7. The molecule has 5 aliphatic rings. The largest absolute Gasteiger partial charge is 0.481 e. The number of hydrogen-bond donors (Lipinski definition) is 2. The number of anilines is 1. The Hall–Kier alpha value is -5.27. The lowest BCUT2D eigenvalue weighted by atomic mass is 9.36. The molecule has 2 N–H and O–H groups in total. The van der Waals surface area contributed by atoms with Crippen LogP contribution in [-0.2, 0) is 17.8 Å². The average molecular weight is 695 g/mol. The fourth-order valence-electron chi connectivity index (χ4n) is 9.07. The van der Waals surface area contributed by atoms with Gasteiger partial charge >= 0.3 is 5.97 Å². The summed E-state index contributed by atoms with van der Waals surface area (Å²) in [6, 6.07) is 9.29. The van der Waals surface area contributed by atoms with Crippen LogP contribution in [0.1, 0.15) is 79.3 Å². The zero-order valence-corrected chi connectivity index (χ0v) is 29.3. The maximum atomic E-state index is 14.6. The molecule has 1 aliphatic heterocycles. The zero-order chi connectivity index (χ0) is 35.8. The number of carboxylic acid groups (broad SMARTS) is 1. The van der Waals surface area contributed by atoms with E-state index in [0.717, 1.165) is 32.1 Å². The molecule has 0 radical (unpaired) electrons. The van der Waals surface area contributed by atoms with Crippen LogP contribution in [0.3, 0.4) is 0 Å². The van der Waals surface area contributed by atoms with Gasteiger partial charge in [0.15, 0.2) is 11.2 Å². The molecule has 1 saturated heterocycles. The van der Waals surface area contributed by atoms with Gasteiger partial charge in [0, 0.05) is 42.6 Å². The lowest BCUT2D eigenvalue weighted by Gasteiger charge is -2.72. The van der Waals surface area contributed by atoms with Crippen LogP contribution in [0.2, 0.25) is 0 Å². The Morgan fingerprint density at radius 3 is 2.41 bits per heavy atom. The second kappa shape index (κ2) is 11.9. The summed E-state index contributed by atoms with van der Waals surface area (Å²) in [5.74, 6) is -0.674. The maximum absolute atomic E-state index is 14.6. The highest BCUT2D eigenvalue weighted by Gasteiger charge is 2.69. The maximum Gasteiger partial charge on any atom is 0.336 e. The van der Waals surface area contributed by atoms with E-state index in [0.29, 0.717) is 59.4 Å². The van der Waals surface area contributed by atoms with Crippen molar-refractivity contribution in [2.24, 2.45) is 11.3 Å². The van der Waals surface area contributed by atoms with Crippen LogP contribution in [-0.4, -0.2) is 90.2 Å². The third kappa shape index (κ3) is 5.09. The molecule has 4 saturated carbocycles. The monoisotopic (exact) mass is 694 g/mol. The van der Waals surface area contributed by atoms with Crippen molar-refractivity contribution in [3.63, 3.8) is 0 Å². The predicted octanol–water partition coefficient (Wildman–Crippen LogP) is 3.43. The second-order valence-electron chi connectivity index (χ2n) is 14.9. The third-order valence-corrected chi connectivity index (χ3v) is 11.9. The van der Waals surface area contributed by atoms with Gasteiger partial charge in [-0.2, -0.15) is 0 Å². The number of piperazine rings is 1. The van der Waals surface area contributed by atoms with Gasteiger partial charge in [-0.1, -0.05) is 32.9 Å². The van der Waals surface area contributed by atoms with Gasteiger partial charge in [0.2, 0.25) is 17.2 Å². The summed E-state index contributed by atoms with van der Waals surface area (Å²) >= 11 is 0. The minimum absolute atomic E-state index is 0.0275. The first-order valence-corrected chi connectivity index (χ1v) is 17.7. The summed E-state index contributed by atoms with van der Waals surface area (Å²) in [6.45, 7) is 7.09. The van der Waals surface area contributed by atoms with E-state index in [-0.39, 0.29) is 58.1 Å². The van der Waals surface area contributed by atoms with Crippen LogP contribution in [0.15, 0.2) is 47.4 Å². The van der Waals surface area contributed by atoms with Gasteiger partial charge in [-0.15, -0.1) is 15.0 Å². The van der Waals surface area contributed by atoms with Crippen LogP contribution >= 0.6 is 0 Å².